The van der Waals surface area contributed by atoms with Gasteiger partial charge in [0.15, 0.2) is 0 Å². The van der Waals surface area contributed by atoms with E-state index >= 15 is 0 Å². The molecule has 0 aromatic carbocycles. The smallest absolute Gasteiger partial charge is 0.125 e. The summed E-state index contributed by atoms with van der Waals surface area (Å²) in [5.74, 6) is 0.570. The standard InChI is InChI=1S/C12H21N3/c1-9(12(2,3)4)15(5)10-6-7-14-11(13)8-10/h6-9H,1-5H3,(H2,13,14). The van der Waals surface area contributed by atoms with Gasteiger partial charge in [0.1, 0.15) is 5.82 Å². The predicted octanol–water partition coefficient (Wildman–Crippen LogP) is 2.53. The van der Waals surface area contributed by atoms with Crippen LogP contribution in [0.3, 0.4) is 0 Å². The number of rotatable bonds is 2. The summed E-state index contributed by atoms with van der Waals surface area (Å²) in [5.41, 5.74) is 7.03. The molecular formula is C12H21N3. The van der Waals surface area contributed by atoms with Gasteiger partial charge in [-0.3, -0.25) is 0 Å². The van der Waals surface area contributed by atoms with Gasteiger partial charge in [0, 0.05) is 31.0 Å². The van der Waals surface area contributed by atoms with Gasteiger partial charge in [0.25, 0.3) is 0 Å². The normalized spacial score (nSPS) is 13.7. The molecular weight excluding hydrogens is 186 g/mol. The molecule has 1 aromatic rings. The second kappa shape index (κ2) is 4.09. The topological polar surface area (TPSA) is 42.2 Å². The highest BCUT2D eigenvalue weighted by Crippen LogP contribution is 2.27. The van der Waals surface area contributed by atoms with Crippen molar-refractivity contribution in [2.75, 3.05) is 17.7 Å². The van der Waals surface area contributed by atoms with Crippen molar-refractivity contribution in [3.63, 3.8) is 0 Å². The Kier molecular flexibility index (Phi) is 3.22. The SMILES string of the molecule is CC(N(C)c1ccnc(N)c1)C(C)(C)C. The monoisotopic (exact) mass is 207 g/mol. The second-order valence-corrected chi connectivity index (χ2v) is 5.09. The van der Waals surface area contributed by atoms with Crippen LogP contribution in [0.1, 0.15) is 27.7 Å². The van der Waals surface area contributed by atoms with Crippen LogP contribution in [0.5, 0.6) is 0 Å². The van der Waals surface area contributed by atoms with Gasteiger partial charge in [0.05, 0.1) is 0 Å². The Hall–Kier alpha value is -1.25. The maximum atomic E-state index is 5.67. The molecule has 0 aliphatic heterocycles. The van der Waals surface area contributed by atoms with Gasteiger partial charge in [-0.15, -0.1) is 0 Å². The molecule has 3 heteroatoms. The highest BCUT2D eigenvalue weighted by Gasteiger charge is 2.24. The number of nitrogens with two attached hydrogens (primary N) is 1. The van der Waals surface area contributed by atoms with Gasteiger partial charge >= 0.3 is 0 Å². The Labute approximate surface area is 92.3 Å². The summed E-state index contributed by atoms with van der Waals surface area (Å²) in [6.07, 6.45) is 1.75. The number of anilines is 2. The molecule has 0 spiro atoms. The fourth-order valence-corrected chi connectivity index (χ4v) is 1.46. The Balaban J connectivity index is 2.90. The molecule has 0 aliphatic rings. The first-order valence-corrected chi connectivity index (χ1v) is 5.26. The Bertz CT molecular complexity index is 328. The molecule has 1 heterocycles. The van der Waals surface area contributed by atoms with E-state index in [0.29, 0.717) is 11.9 Å². The number of nitrogen functional groups attached to an aromatic ring is 1. The maximum absolute atomic E-state index is 5.67. The van der Waals surface area contributed by atoms with E-state index in [9.17, 15) is 0 Å². The first-order valence-electron chi connectivity index (χ1n) is 5.26. The van der Waals surface area contributed by atoms with Crippen LogP contribution in [-0.2, 0) is 0 Å². The van der Waals surface area contributed by atoms with E-state index < -0.39 is 0 Å². The molecule has 3 nitrogen and oxygen atoms in total. The zero-order valence-corrected chi connectivity index (χ0v) is 10.3. The van der Waals surface area contributed by atoms with E-state index in [1.807, 2.05) is 12.1 Å². The van der Waals surface area contributed by atoms with E-state index in [4.69, 9.17) is 5.73 Å². The van der Waals surface area contributed by atoms with Crippen molar-refractivity contribution in [2.45, 2.75) is 33.7 Å². The van der Waals surface area contributed by atoms with E-state index in [1.54, 1.807) is 6.20 Å². The number of pyridine rings is 1. The largest absolute Gasteiger partial charge is 0.384 e. The van der Waals surface area contributed by atoms with Crippen molar-refractivity contribution in [2.24, 2.45) is 5.41 Å². The summed E-state index contributed by atoms with van der Waals surface area (Å²) in [6.45, 7) is 8.92. The predicted molar refractivity (Wildman–Crippen MR) is 66.0 cm³/mol. The van der Waals surface area contributed by atoms with Crippen LogP contribution >= 0.6 is 0 Å². The van der Waals surface area contributed by atoms with Crippen LogP contribution in [0.15, 0.2) is 18.3 Å². The van der Waals surface area contributed by atoms with Crippen molar-refractivity contribution < 1.29 is 0 Å². The van der Waals surface area contributed by atoms with Gasteiger partial charge < -0.3 is 10.6 Å². The second-order valence-electron chi connectivity index (χ2n) is 5.09. The minimum atomic E-state index is 0.243. The summed E-state index contributed by atoms with van der Waals surface area (Å²) in [7, 11) is 2.09. The summed E-state index contributed by atoms with van der Waals surface area (Å²) in [6, 6.07) is 4.33. The first-order chi connectivity index (χ1) is 6.82. The molecule has 0 fully saturated rings. The Morgan fingerprint density at radius 1 is 1.40 bits per heavy atom. The van der Waals surface area contributed by atoms with Gasteiger partial charge in [0.2, 0.25) is 0 Å². The van der Waals surface area contributed by atoms with E-state index in [-0.39, 0.29) is 5.41 Å². The van der Waals surface area contributed by atoms with Crippen LogP contribution in [0.4, 0.5) is 11.5 Å². The lowest BCUT2D eigenvalue weighted by atomic mass is 9.87. The van der Waals surface area contributed by atoms with Gasteiger partial charge in [-0.1, -0.05) is 20.8 Å². The van der Waals surface area contributed by atoms with Crippen molar-refractivity contribution in [3.05, 3.63) is 18.3 Å². The lowest BCUT2D eigenvalue weighted by Crippen LogP contribution is -2.39. The van der Waals surface area contributed by atoms with Crippen LogP contribution < -0.4 is 10.6 Å². The lowest BCUT2D eigenvalue weighted by molar-refractivity contribution is 0.330. The minimum Gasteiger partial charge on any atom is -0.384 e. The van der Waals surface area contributed by atoms with Crippen LogP contribution in [0, 0.1) is 5.41 Å². The molecule has 0 saturated heterocycles. The molecule has 1 unspecified atom stereocenters. The summed E-state index contributed by atoms with van der Waals surface area (Å²) < 4.78 is 0. The molecule has 1 atom stereocenters. The maximum Gasteiger partial charge on any atom is 0.125 e. The summed E-state index contributed by atoms with van der Waals surface area (Å²) >= 11 is 0. The third-order valence-corrected chi connectivity index (χ3v) is 3.01. The molecule has 0 bridgehead atoms. The first kappa shape index (κ1) is 11.8. The number of nitrogens with zero attached hydrogens (tertiary/aromatic N) is 2. The highest BCUT2D eigenvalue weighted by atomic mass is 15.1. The summed E-state index contributed by atoms with van der Waals surface area (Å²) in [5, 5.41) is 0. The Morgan fingerprint density at radius 3 is 2.47 bits per heavy atom. The van der Waals surface area contributed by atoms with Crippen molar-refractivity contribution in [1.29, 1.82) is 0 Å². The molecule has 84 valence electrons. The van der Waals surface area contributed by atoms with Crippen molar-refractivity contribution in [1.82, 2.24) is 4.98 Å². The quantitative estimate of drug-likeness (QED) is 0.810. The van der Waals surface area contributed by atoms with E-state index in [2.05, 4.69) is 44.6 Å². The molecule has 1 rings (SSSR count). The molecule has 2 N–H and O–H groups in total. The highest BCUT2D eigenvalue weighted by molar-refractivity contribution is 5.52. The molecule has 0 radical (unpaired) electrons. The van der Waals surface area contributed by atoms with E-state index in [1.165, 1.54) is 0 Å². The van der Waals surface area contributed by atoms with Crippen LogP contribution in [0.25, 0.3) is 0 Å². The zero-order chi connectivity index (χ0) is 11.6. The fraction of sp³-hybridized carbons (Fsp3) is 0.583. The third-order valence-electron chi connectivity index (χ3n) is 3.01. The average molecular weight is 207 g/mol. The molecule has 0 amide bonds. The van der Waals surface area contributed by atoms with Gasteiger partial charge in [-0.25, -0.2) is 4.98 Å². The van der Waals surface area contributed by atoms with E-state index in [0.717, 1.165) is 5.69 Å². The zero-order valence-electron chi connectivity index (χ0n) is 10.3. The van der Waals surface area contributed by atoms with Crippen LogP contribution in [0.2, 0.25) is 0 Å². The third kappa shape index (κ3) is 2.85. The summed E-state index contributed by atoms with van der Waals surface area (Å²) in [4.78, 5) is 6.23. The van der Waals surface area contributed by atoms with Crippen LogP contribution in [-0.4, -0.2) is 18.1 Å². The number of hydrogen-bond donors (Lipinski definition) is 1. The van der Waals surface area contributed by atoms with Crippen molar-refractivity contribution >= 4 is 11.5 Å². The molecule has 15 heavy (non-hydrogen) atoms. The average Bonchev–Trinajstić information content (AvgIpc) is 2.14. The lowest BCUT2D eigenvalue weighted by Gasteiger charge is -2.36. The van der Waals surface area contributed by atoms with Gasteiger partial charge in [-0.2, -0.15) is 0 Å². The van der Waals surface area contributed by atoms with Gasteiger partial charge in [-0.05, 0) is 18.4 Å². The molecule has 1 aromatic heterocycles. The molecule has 0 saturated carbocycles. The fourth-order valence-electron chi connectivity index (χ4n) is 1.46. The number of hydrogen-bond acceptors (Lipinski definition) is 3. The molecule has 0 aliphatic carbocycles. The Morgan fingerprint density at radius 2 is 2.00 bits per heavy atom. The van der Waals surface area contributed by atoms with Crippen molar-refractivity contribution in [3.8, 4) is 0 Å². The minimum absolute atomic E-state index is 0.243. The number of aromatic nitrogens is 1.